The Balaban J connectivity index is 2.41. The molecule has 3 nitrogen and oxygen atoms in total. The molecule has 1 heterocycles. The molecule has 2 rings (SSSR count). The van der Waals surface area contributed by atoms with E-state index in [4.69, 9.17) is 16.3 Å². The largest absolute Gasteiger partial charge is 0.495 e. The van der Waals surface area contributed by atoms with Crippen LogP contribution in [-0.4, -0.2) is 18.6 Å². The molecule has 0 aliphatic heterocycles. The highest BCUT2D eigenvalue weighted by atomic mass is 79.9. The van der Waals surface area contributed by atoms with Gasteiger partial charge in [-0.15, -0.1) is 0 Å². The maximum Gasteiger partial charge on any atom is 0.137 e. The molecule has 1 atom stereocenters. The highest BCUT2D eigenvalue weighted by Crippen LogP contribution is 2.29. The van der Waals surface area contributed by atoms with E-state index in [0.29, 0.717) is 5.02 Å². The first-order chi connectivity index (χ1) is 9.65. The fourth-order valence-electron chi connectivity index (χ4n) is 2.03. The highest BCUT2D eigenvalue weighted by molar-refractivity contribution is 9.10. The van der Waals surface area contributed by atoms with Crippen LogP contribution >= 0.6 is 27.5 Å². The Bertz CT molecular complexity index is 592. The van der Waals surface area contributed by atoms with Gasteiger partial charge in [-0.2, -0.15) is 0 Å². The molecule has 20 heavy (non-hydrogen) atoms. The fourth-order valence-corrected chi connectivity index (χ4v) is 2.46. The minimum absolute atomic E-state index is 0.0354. The molecule has 0 aliphatic carbocycles. The lowest BCUT2D eigenvalue weighted by Crippen LogP contribution is -2.22. The molecule has 0 spiro atoms. The van der Waals surface area contributed by atoms with Crippen LogP contribution in [0, 0.1) is 0 Å². The van der Waals surface area contributed by atoms with Crippen LogP contribution in [-0.2, 0) is 0 Å². The fraction of sp³-hybridized carbons (Fsp3) is 0.267. The first-order valence-electron chi connectivity index (χ1n) is 6.33. The van der Waals surface area contributed by atoms with Gasteiger partial charge in [-0.05, 0) is 51.8 Å². The van der Waals surface area contributed by atoms with Gasteiger partial charge < -0.3 is 10.1 Å². The summed E-state index contributed by atoms with van der Waals surface area (Å²) in [7, 11) is 1.64. The molecule has 0 bridgehead atoms. The summed E-state index contributed by atoms with van der Waals surface area (Å²) < 4.78 is 6.13. The minimum atomic E-state index is 0.0354. The summed E-state index contributed by atoms with van der Waals surface area (Å²) in [6.45, 7) is 2.91. The van der Waals surface area contributed by atoms with Crippen molar-refractivity contribution in [1.82, 2.24) is 10.3 Å². The number of hydrogen-bond donors (Lipinski definition) is 1. The van der Waals surface area contributed by atoms with Crippen molar-refractivity contribution < 1.29 is 4.74 Å². The maximum absolute atomic E-state index is 6.19. The van der Waals surface area contributed by atoms with E-state index in [-0.39, 0.29) is 6.04 Å². The summed E-state index contributed by atoms with van der Waals surface area (Å²) in [6.07, 6.45) is 3.53. The lowest BCUT2D eigenvalue weighted by Gasteiger charge is -2.19. The second kappa shape index (κ2) is 7.07. The van der Waals surface area contributed by atoms with Crippen LogP contribution in [0.4, 0.5) is 0 Å². The summed E-state index contributed by atoms with van der Waals surface area (Å²) in [5.74, 6) is 0.744. The zero-order chi connectivity index (χ0) is 14.5. The Labute approximate surface area is 132 Å². The van der Waals surface area contributed by atoms with Gasteiger partial charge in [0.05, 0.1) is 24.4 Å². The first-order valence-corrected chi connectivity index (χ1v) is 7.50. The van der Waals surface area contributed by atoms with E-state index in [2.05, 4.69) is 33.2 Å². The van der Waals surface area contributed by atoms with Crippen LogP contribution in [0.1, 0.15) is 24.1 Å². The highest BCUT2D eigenvalue weighted by Gasteiger charge is 2.15. The van der Waals surface area contributed by atoms with E-state index < -0.39 is 0 Å². The normalized spacial score (nSPS) is 12.2. The average molecular weight is 356 g/mol. The maximum atomic E-state index is 6.19. The minimum Gasteiger partial charge on any atom is -0.495 e. The predicted octanol–water partition coefficient (Wildman–Crippen LogP) is 4.21. The number of nitrogens with one attached hydrogen (secondary N) is 1. The molecule has 0 saturated carbocycles. The van der Waals surface area contributed by atoms with Gasteiger partial charge in [0.25, 0.3) is 0 Å². The van der Waals surface area contributed by atoms with Crippen molar-refractivity contribution in [2.24, 2.45) is 0 Å². The summed E-state index contributed by atoms with van der Waals surface area (Å²) in [4.78, 5) is 4.22. The molecule has 0 radical (unpaired) electrons. The molecule has 0 amide bonds. The molecular weight excluding hydrogens is 340 g/mol. The van der Waals surface area contributed by atoms with Crippen molar-refractivity contribution in [3.8, 4) is 5.75 Å². The van der Waals surface area contributed by atoms with Crippen molar-refractivity contribution >= 4 is 27.5 Å². The van der Waals surface area contributed by atoms with Crippen molar-refractivity contribution in [3.63, 3.8) is 0 Å². The molecule has 106 valence electrons. The summed E-state index contributed by atoms with van der Waals surface area (Å²) in [5, 5.41) is 4.14. The van der Waals surface area contributed by atoms with Crippen LogP contribution in [0.5, 0.6) is 5.75 Å². The van der Waals surface area contributed by atoms with Gasteiger partial charge in [0.1, 0.15) is 5.75 Å². The van der Waals surface area contributed by atoms with Crippen molar-refractivity contribution in [2.45, 2.75) is 13.0 Å². The molecular formula is C15H16BrClN2O. The van der Waals surface area contributed by atoms with Crippen LogP contribution in [0.15, 0.2) is 41.1 Å². The number of nitrogens with zero attached hydrogens (tertiary/aromatic N) is 1. The number of halogens is 2. The summed E-state index contributed by atoms with van der Waals surface area (Å²) >= 11 is 9.60. The Kier molecular flexibility index (Phi) is 5.40. The molecule has 1 N–H and O–H groups in total. The van der Waals surface area contributed by atoms with E-state index in [1.54, 1.807) is 13.3 Å². The standard InChI is InChI=1S/C15H16BrClN2O/c1-3-19-15(10-4-5-13(16)14(17)7-10)11-6-12(20-2)9-18-8-11/h4-9,15,19H,3H2,1-2H3. The predicted molar refractivity (Wildman–Crippen MR) is 85.5 cm³/mol. The monoisotopic (exact) mass is 354 g/mol. The Morgan fingerprint density at radius 1 is 1.30 bits per heavy atom. The topological polar surface area (TPSA) is 34.2 Å². The zero-order valence-corrected chi connectivity index (χ0v) is 13.7. The van der Waals surface area contributed by atoms with Crippen molar-refractivity contribution in [1.29, 1.82) is 0 Å². The third-order valence-electron chi connectivity index (χ3n) is 2.99. The molecule has 0 aliphatic rings. The van der Waals surface area contributed by atoms with Crippen LogP contribution in [0.2, 0.25) is 5.02 Å². The number of methoxy groups -OCH3 is 1. The van der Waals surface area contributed by atoms with Gasteiger partial charge >= 0.3 is 0 Å². The second-order valence-corrected chi connectivity index (χ2v) is 5.58. The third-order valence-corrected chi connectivity index (χ3v) is 4.22. The van der Waals surface area contributed by atoms with Gasteiger partial charge in [0, 0.05) is 10.7 Å². The summed E-state index contributed by atoms with van der Waals surface area (Å²) in [5.41, 5.74) is 2.14. The number of rotatable bonds is 5. The Morgan fingerprint density at radius 2 is 2.10 bits per heavy atom. The number of benzene rings is 1. The van der Waals surface area contributed by atoms with Crippen molar-refractivity contribution in [3.05, 3.63) is 57.3 Å². The van der Waals surface area contributed by atoms with Crippen LogP contribution in [0.3, 0.4) is 0 Å². The second-order valence-electron chi connectivity index (χ2n) is 4.32. The molecule has 1 aromatic carbocycles. The van der Waals surface area contributed by atoms with Gasteiger partial charge in [-0.25, -0.2) is 0 Å². The molecule has 1 aromatic heterocycles. The SMILES string of the molecule is CCNC(c1cncc(OC)c1)c1ccc(Br)c(Cl)c1. The zero-order valence-electron chi connectivity index (χ0n) is 11.4. The molecule has 5 heteroatoms. The van der Waals surface area contributed by atoms with E-state index in [0.717, 1.165) is 27.9 Å². The lowest BCUT2D eigenvalue weighted by molar-refractivity contribution is 0.411. The van der Waals surface area contributed by atoms with Crippen LogP contribution in [0.25, 0.3) is 0 Å². The van der Waals surface area contributed by atoms with E-state index in [1.807, 2.05) is 30.5 Å². The smallest absolute Gasteiger partial charge is 0.137 e. The number of aromatic nitrogens is 1. The molecule has 0 fully saturated rings. The van der Waals surface area contributed by atoms with E-state index in [9.17, 15) is 0 Å². The summed E-state index contributed by atoms with van der Waals surface area (Å²) in [6, 6.07) is 7.97. The molecule has 1 unspecified atom stereocenters. The first kappa shape index (κ1) is 15.3. The van der Waals surface area contributed by atoms with E-state index >= 15 is 0 Å². The van der Waals surface area contributed by atoms with E-state index in [1.165, 1.54) is 0 Å². The van der Waals surface area contributed by atoms with Crippen LogP contribution < -0.4 is 10.1 Å². The number of ether oxygens (including phenoxy) is 1. The van der Waals surface area contributed by atoms with Crippen molar-refractivity contribution in [2.75, 3.05) is 13.7 Å². The van der Waals surface area contributed by atoms with Gasteiger partial charge in [0.2, 0.25) is 0 Å². The number of hydrogen-bond acceptors (Lipinski definition) is 3. The molecule has 0 saturated heterocycles. The quantitative estimate of drug-likeness (QED) is 0.872. The third kappa shape index (κ3) is 3.51. The Hall–Kier alpha value is -1.10. The lowest BCUT2D eigenvalue weighted by atomic mass is 10.00. The van der Waals surface area contributed by atoms with Gasteiger partial charge in [-0.3, -0.25) is 4.98 Å². The average Bonchev–Trinajstić information content (AvgIpc) is 2.48. The van der Waals surface area contributed by atoms with Gasteiger partial charge in [0.15, 0.2) is 0 Å². The number of pyridine rings is 1. The van der Waals surface area contributed by atoms with Gasteiger partial charge in [-0.1, -0.05) is 24.6 Å². The molecule has 2 aromatic rings. The Morgan fingerprint density at radius 3 is 2.75 bits per heavy atom.